The number of ether oxygens (including phenoxy) is 2. The van der Waals surface area contributed by atoms with Crippen LogP contribution in [0.5, 0.6) is 11.5 Å². The summed E-state index contributed by atoms with van der Waals surface area (Å²) >= 11 is 2.74. The van der Waals surface area contributed by atoms with Crippen LogP contribution in [0.3, 0.4) is 0 Å². The number of aliphatic hydroxyl groups is 1. The van der Waals surface area contributed by atoms with Crippen molar-refractivity contribution in [3.63, 3.8) is 0 Å². The summed E-state index contributed by atoms with van der Waals surface area (Å²) in [4.78, 5) is 28.4. The molecule has 1 aromatic heterocycles. The number of unbranched alkanes of at least 4 members (excludes halogenated alkanes) is 1. The summed E-state index contributed by atoms with van der Waals surface area (Å²) in [5.41, 5.74) is 2.17. The van der Waals surface area contributed by atoms with Gasteiger partial charge in [-0.3, -0.25) is 14.5 Å². The van der Waals surface area contributed by atoms with E-state index >= 15 is 0 Å². The fourth-order valence-electron chi connectivity index (χ4n) is 4.59. The van der Waals surface area contributed by atoms with E-state index < -0.39 is 17.7 Å². The number of ketones is 1. The Morgan fingerprint density at radius 2 is 1.56 bits per heavy atom. The fraction of sp³-hybridized carbons (Fsp3) is 0.273. The molecule has 1 aliphatic rings. The van der Waals surface area contributed by atoms with Gasteiger partial charge in [0.2, 0.25) is 5.13 Å². The van der Waals surface area contributed by atoms with Gasteiger partial charge in [-0.05, 0) is 60.4 Å². The van der Waals surface area contributed by atoms with Crippen molar-refractivity contribution < 1.29 is 24.2 Å². The second-order valence-corrected chi connectivity index (χ2v) is 12.1. The smallest absolute Gasteiger partial charge is 0.301 e. The van der Waals surface area contributed by atoms with Crippen LogP contribution in [0.25, 0.3) is 5.76 Å². The molecule has 222 valence electrons. The Bertz CT molecular complexity index is 1570. The molecule has 0 aliphatic carbocycles. The number of rotatable bonds is 13. The normalized spacial score (nSPS) is 16.0. The number of hydrogen-bond acceptors (Lipinski definition) is 9. The molecule has 4 aromatic rings. The van der Waals surface area contributed by atoms with E-state index in [4.69, 9.17) is 9.47 Å². The average Bonchev–Trinajstić information content (AvgIpc) is 3.61. The van der Waals surface area contributed by atoms with Gasteiger partial charge in [0.25, 0.3) is 5.78 Å². The molecule has 1 aliphatic heterocycles. The Balaban J connectivity index is 1.49. The van der Waals surface area contributed by atoms with E-state index in [2.05, 4.69) is 17.1 Å². The number of aliphatic hydroxyl groups excluding tert-OH is 1. The largest absolute Gasteiger partial charge is 0.507 e. The lowest BCUT2D eigenvalue weighted by Gasteiger charge is -2.22. The summed E-state index contributed by atoms with van der Waals surface area (Å²) < 4.78 is 12.2. The summed E-state index contributed by atoms with van der Waals surface area (Å²) in [7, 11) is 0. The van der Waals surface area contributed by atoms with Gasteiger partial charge in [-0.25, -0.2) is 0 Å². The van der Waals surface area contributed by atoms with Gasteiger partial charge in [0, 0.05) is 11.3 Å². The number of carbonyl (C=O) groups is 2. The maximum atomic E-state index is 13.6. The molecule has 1 unspecified atom stereocenters. The van der Waals surface area contributed by atoms with E-state index in [1.807, 2.05) is 37.3 Å². The predicted octanol–water partition coefficient (Wildman–Crippen LogP) is 7.42. The number of aromatic nitrogens is 2. The molecule has 1 amide bonds. The molecule has 1 saturated heterocycles. The summed E-state index contributed by atoms with van der Waals surface area (Å²) in [6.07, 6.45) is 2.82. The number of benzene rings is 3. The monoisotopic (exact) mass is 615 g/mol. The molecule has 0 spiro atoms. The van der Waals surface area contributed by atoms with Crippen molar-refractivity contribution in [2.45, 2.75) is 49.2 Å². The van der Waals surface area contributed by atoms with Gasteiger partial charge >= 0.3 is 5.91 Å². The third-order valence-corrected chi connectivity index (χ3v) is 8.94. The highest BCUT2D eigenvalue weighted by Gasteiger charge is 2.48. The summed E-state index contributed by atoms with van der Waals surface area (Å²) in [6.45, 7) is 5.29. The molecule has 1 atom stereocenters. The second-order valence-electron chi connectivity index (χ2n) is 9.94. The van der Waals surface area contributed by atoms with Gasteiger partial charge in [-0.15, -0.1) is 10.2 Å². The molecule has 2 heterocycles. The van der Waals surface area contributed by atoms with E-state index in [1.165, 1.54) is 28.0 Å². The predicted molar refractivity (Wildman–Crippen MR) is 170 cm³/mol. The summed E-state index contributed by atoms with van der Waals surface area (Å²) in [6, 6.07) is 23.2. The minimum absolute atomic E-state index is 0.0134. The van der Waals surface area contributed by atoms with E-state index in [0.717, 1.165) is 24.8 Å². The molecule has 10 heteroatoms. The maximum absolute atomic E-state index is 13.6. The number of anilines is 1. The number of carbonyl (C=O) groups excluding carboxylic acids is 2. The highest BCUT2D eigenvalue weighted by atomic mass is 32.2. The summed E-state index contributed by atoms with van der Waals surface area (Å²) in [5.74, 6) is 0.213. The number of hydrogen-bond donors (Lipinski definition) is 1. The molecule has 8 nitrogen and oxygen atoms in total. The molecule has 0 bridgehead atoms. The first-order valence-corrected chi connectivity index (χ1v) is 16.1. The van der Waals surface area contributed by atoms with Crippen LogP contribution in [0.4, 0.5) is 5.13 Å². The van der Waals surface area contributed by atoms with Gasteiger partial charge < -0.3 is 14.6 Å². The molecular weight excluding hydrogens is 583 g/mol. The highest BCUT2D eigenvalue weighted by Crippen LogP contribution is 2.44. The Hall–Kier alpha value is -4.15. The molecule has 1 N–H and O–H groups in total. The minimum atomic E-state index is -0.902. The van der Waals surface area contributed by atoms with Crippen LogP contribution < -0.4 is 14.4 Å². The van der Waals surface area contributed by atoms with E-state index in [-0.39, 0.29) is 16.5 Å². The number of amides is 1. The lowest BCUT2D eigenvalue weighted by Crippen LogP contribution is -2.29. The van der Waals surface area contributed by atoms with Crippen LogP contribution >= 0.6 is 23.1 Å². The van der Waals surface area contributed by atoms with Gasteiger partial charge in [0.15, 0.2) is 4.34 Å². The zero-order valence-electron chi connectivity index (χ0n) is 24.1. The minimum Gasteiger partial charge on any atom is -0.507 e. The van der Waals surface area contributed by atoms with Crippen molar-refractivity contribution in [1.29, 1.82) is 0 Å². The molecule has 5 rings (SSSR count). The standard InChI is InChI=1S/C33H33N3O5S2/c1-3-5-20-41-26-17-13-24(14-18-26)29(37)27-28(23-11-15-25(16-12-23)40-19-4-2)36(31(39)30(27)38)32-34-35-33(43-32)42-21-22-9-7-6-8-10-22/h6-18,28,37H,3-5,19-21H2,1-2H3. The second kappa shape index (κ2) is 14.3. The first-order valence-electron chi connectivity index (χ1n) is 14.3. The number of thioether (sulfide) groups is 1. The lowest BCUT2D eigenvalue weighted by molar-refractivity contribution is -0.132. The van der Waals surface area contributed by atoms with Crippen molar-refractivity contribution in [2.24, 2.45) is 0 Å². The SMILES string of the molecule is CCCCOc1ccc(C(O)=C2C(=O)C(=O)N(c3nnc(SCc4ccccc4)s3)C2c2ccc(OCCC)cc2)cc1. The van der Waals surface area contributed by atoms with Gasteiger partial charge in [-0.2, -0.15) is 0 Å². The van der Waals surface area contributed by atoms with Gasteiger partial charge in [0.1, 0.15) is 17.3 Å². The van der Waals surface area contributed by atoms with Gasteiger partial charge in [0.05, 0.1) is 24.8 Å². The first kappa shape index (κ1) is 30.3. The topological polar surface area (TPSA) is 102 Å². The van der Waals surface area contributed by atoms with Crippen LogP contribution in [-0.4, -0.2) is 40.2 Å². The van der Waals surface area contributed by atoms with Crippen LogP contribution in [0.2, 0.25) is 0 Å². The van der Waals surface area contributed by atoms with E-state index in [1.54, 1.807) is 48.5 Å². The van der Waals surface area contributed by atoms with Crippen LogP contribution in [0.1, 0.15) is 55.8 Å². The van der Waals surface area contributed by atoms with Crippen LogP contribution in [0, 0.1) is 0 Å². The molecule has 1 fully saturated rings. The van der Waals surface area contributed by atoms with E-state index in [9.17, 15) is 14.7 Å². The highest BCUT2D eigenvalue weighted by molar-refractivity contribution is 8.00. The van der Waals surface area contributed by atoms with Crippen molar-refractivity contribution in [3.05, 3.63) is 101 Å². The average molecular weight is 616 g/mol. The van der Waals surface area contributed by atoms with Crippen LogP contribution in [0.15, 0.2) is 88.8 Å². The van der Waals surface area contributed by atoms with Crippen molar-refractivity contribution in [3.8, 4) is 11.5 Å². The number of nitrogens with zero attached hydrogens (tertiary/aromatic N) is 3. The van der Waals surface area contributed by atoms with Crippen molar-refractivity contribution >= 4 is 45.7 Å². The Morgan fingerprint density at radius 1 is 0.884 bits per heavy atom. The Morgan fingerprint density at radius 3 is 2.23 bits per heavy atom. The number of Topliss-reactive ketones (excluding diaryl/α,β-unsaturated/α-hetero) is 1. The van der Waals surface area contributed by atoms with Crippen molar-refractivity contribution in [1.82, 2.24) is 10.2 Å². The zero-order chi connectivity index (χ0) is 30.2. The quantitative estimate of drug-likeness (QED) is 0.0414. The molecule has 3 aromatic carbocycles. The Kier molecular flexibility index (Phi) is 10.1. The molecule has 0 saturated carbocycles. The third-order valence-electron chi connectivity index (χ3n) is 6.81. The molecule has 0 radical (unpaired) electrons. The first-order chi connectivity index (χ1) is 21.0. The molecular formula is C33H33N3O5S2. The lowest BCUT2D eigenvalue weighted by atomic mass is 9.95. The van der Waals surface area contributed by atoms with Gasteiger partial charge in [-0.1, -0.05) is 85.8 Å². The molecule has 43 heavy (non-hydrogen) atoms. The van der Waals surface area contributed by atoms with Crippen LogP contribution in [-0.2, 0) is 15.3 Å². The fourth-order valence-corrected chi connectivity index (χ4v) is 6.41. The maximum Gasteiger partial charge on any atom is 0.301 e. The zero-order valence-corrected chi connectivity index (χ0v) is 25.7. The third kappa shape index (κ3) is 7.09. The summed E-state index contributed by atoms with van der Waals surface area (Å²) in [5, 5.41) is 20.4. The van der Waals surface area contributed by atoms with E-state index in [0.29, 0.717) is 45.9 Å². The van der Waals surface area contributed by atoms with Crippen molar-refractivity contribution in [2.75, 3.05) is 18.1 Å². The Labute approximate surface area is 259 Å².